The van der Waals surface area contributed by atoms with Crippen molar-refractivity contribution in [3.63, 3.8) is 0 Å². The van der Waals surface area contributed by atoms with Crippen LogP contribution in [0, 0.1) is 11.6 Å². The van der Waals surface area contributed by atoms with E-state index in [0.29, 0.717) is 29.8 Å². The number of aliphatic imine (C=N–C) groups is 1. The summed E-state index contributed by atoms with van der Waals surface area (Å²) in [6.45, 7) is -0.474. The standard InChI is InChI=1S/C24H20F5N3O2S/c1-32(35(33,34)24(27,28)29)14-15-5-10-20(30-13-15)16-6-8-17(9-7-16)21-11-12-22(31-21)23-18(25)3-2-4-19(23)26/h2-10,13,21H,11-12,14H2,1H3. The minimum absolute atomic E-state index is 0.0930. The topological polar surface area (TPSA) is 62.6 Å². The molecule has 35 heavy (non-hydrogen) atoms. The molecule has 0 N–H and O–H groups in total. The summed E-state index contributed by atoms with van der Waals surface area (Å²) in [6, 6.07) is 13.8. The number of pyridine rings is 1. The SMILES string of the molecule is CN(Cc1ccc(-c2ccc(C3CCC(c4c(F)cccc4F)=N3)cc2)nc1)S(=O)(=O)C(F)(F)F. The van der Waals surface area contributed by atoms with Crippen LogP contribution >= 0.6 is 0 Å². The summed E-state index contributed by atoms with van der Waals surface area (Å²) in [4.78, 5) is 8.75. The van der Waals surface area contributed by atoms with Crippen LogP contribution in [0.2, 0.25) is 0 Å². The van der Waals surface area contributed by atoms with E-state index < -0.39 is 33.7 Å². The second-order valence-corrected chi connectivity index (χ2v) is 10.1. The molecule has 1 atom stereocenters. The average Bonchev–Trinajstić information content (AvgIpc) is 3.28. The predicted octanol–water partition coefficient (Wildman–Crippen LogP) is 5.63. The van der Waals surface area contributed by atoms with E-state index in [1.54, 1.807) is 18.2 Å². The highest BCUT2D eigenvalue weighted by Gasteiger charge is 2.48. The summed E-state index contributed by atoms with van der Waals surface area (Å²) in [5.74, 6) is -1.28. The Balaban J connectivity index is 1.46. The first-order valence-electron chi connectivity index (χ1n) is 10.6. The lowest BCUT2D eigenvalue weighted by Crippen LogP contribution is -2.37. The van der Waals surface area contributed by atoms with Crippen LogP contribution in [0.4, 0.5) is 22.0 Å². The van der Waals surface area contributed by atoms with E-state index in [1.807, 2.05) is 12.1 Å². The molecule has 0 radical (unpaired) electrons. The van der Waals surface area contributed by atoms with Gasteiger partial charge in [-0.1, -0.05) is 36.4 Å². The van der Waals surface area contributed by atoms with Crippen molar-refractivity contribution in [2.75, 3.05) is 7.05 Å². The molecule has 11 heteroatoms. The van der Waals surface area contributed by atoms with E-state index >= 15 is 0 Å². The van der Waals surface area contributed by atoms with Crippen molar-refractivity contribution < 1.29 is 30.4 Å². The normalized spacial score (nSPS) is 16.5. The maximum atomic E-state index is 14.1. The van der Waals surface area contributed by atoms with Gasteiger partial charge >= 0.3 is 15.5 Å². The molecule has 5 nitrogen and oxygen atoms in total. The van der Waals surface area contributed by atoms with Crippen molar-refractivity contribution in [2.45, 2.75) is 30.9 Å². The van der Waals surface area contributed by atoms with Gasteiger partial charge in [0.15, 0.2) is 0 Å². The Hall–Kier alpha value is -3.18. The first-order valence-corrected chi connectivity index (χ1v) is 12.0. The molecule has 0 saturated carbocycles. The molecule has 0 spiro atoms. The maximum Gasteiger partial charge on any atom is 0.511 e. The van der Waals surface area contributed by atoms with Gasteiger partial charge < -0.3 is 0 Å². The van der Waals surface area contributed by atoms with Gasteiger partial charge in [0.25, 0.3) is 0 Å². The smallest absolute Gasteiger partial charge is 0.281 e. The number of alkyl halides is 3. The summed E-state index contributed by atoms with van der Waals surface area (Å²) in [5.41, 5.74) is -2.62. The Morgan fingerprint density at radius 3 is 2.23 bits per heavy atom. The zero-order valence-electron chi connectivity index (χ0n) is 18.4. The third kappa shape index (κ3) is 5.10. The molecule has 0 amide bonds. The fourth-order valence-corrected chi connectivity index (χ4v) is 4.55. The van der Waals surface area contributed by atoms with E-state index in [4.69, 9.17) is 0 Å². The second kappa shape index (κ2) is 9.46. The van der Waals surface area contributed by atoms with E-state index in [1.165, 1.54) is 30.5 Å². The molecule has 0 aliphatic carbocycles. The van der Waals surface area contributed by atoms with Crippen LogP contribution in [0.1, 0.15) is 35.6 Å². The van der Waals surface area contributed by atoms with Crippen LogP contribution in [0.25, 0.3) is 11.3 Å². The van der Waals surface area contributed by atoms with Gasteiger partial charge in [-0.05, 0) is 42.2 Å². The highest BCUT2D eigenvalue weighted by Crippen LogP contribution is 2.33. The van der Waals surface area contributed by atoms with Crippen LogP contribution in [-0.2, 0) is 16.6 Å². The van der Waals surface area contributed by atoms with E-state index in [0.717, 1.165) is 18.2 Å². The van der Waals surface area contributed by atoms with Gasteiger partial charge in [0.2, 0.25) is 0 Å². The quantitative estimate of drug-likeness (QED) is 0.405. The van der Waals surface area contributed by atoms with Gasteiger partial charge in [0.1, 0.15) is 11.6 Å². The van der Waals surface area contributed by atoms with Crippen molar-refractivity contribution in [3.05, 3.63) is 89.1 Å². The molecule has 1 aliphatic heterocycles. The number of hydrogen-bond donors (Lipinski definition) is 0. The van der Waals surface area contributed by atoms with Gasteiger partial charge in [-0.2, -0.15) is 17.5 Å². The molecule has 1 unspecified atom stereocenters. The highest BCUT2D eigenvalue weighted by molar-refractivity contribution is 7.89. The Morgan fingerprint density at radius 2 is 1.66 bits per heavy atom. The predicted molar refractivity (Wildman–Crippen MR) is 121 cm³/mol. The molecule has 4 rings (SSSR count). The molecule has 0 bridgehead atoms. The average molecular weight is 510 g/mol. The van der Waals surface area contributed by atoms with Gasteiger partial charge in [-0.3, -0.25) is 9.98 Å². The summed E-state index contributed by atoms with van der Waals surface area (Å²) >= 11 is 0. The van der Waals surface area contributed by atoms with E-state index in [2.05, 4.69) is 9.98 Å². The minimum atomic E-state index is -5.42. The number of sulfonamides is 1. The van der Waals surface area contributed by atoms with Gasteiger partial charge in [0.05, 0.1) is 17.3 Å². The van der Waals surface area contributed by atoms with Crippen LogP contribution in [-0.4, -0.2) is 36.0 Å². The van der Waals surface area contributed by atoms with Crippen LogP contribution in [0.5, 0.6) is 0 Å². The van der Waals surface area contributed by atoms with Gasteiger partial charge in [0, 0.05) is 31.1 Å². The van der Waals surface area contributed by atoms with Crippen molar-refractivity contribution in [2.24, 2.45) is 4.99 Å². The third-order valence-electron chi connectivity index (χ3n) is 5.74. The van der Waals surface area contributed by atoms with Crippen molar-refractivity contribution in [1.82, 2.24) is 9.29 Å². The molecular weight excluding hydrogens is 489 g/mol. The first-order chi connectivity index (χ1) is 16.5. The summed E-state index contributed by atoms with van der Waals surface area (Å²) < 4.78 is 89.3. The molecule has 0 fully saturated rings. The lowest BCUT2D eigenvalue weighted by atomic mass is 10.0. The van der Waals surface area contributed by atoms with Crippen LogP contribution in [0.3, 0.4) is 0 Å². The minimum Gasteiger partial charge on any atom is -0.281 e. The zero-order chi connectivity index (χ0) is 25.4. The number of benzene rings is 2. The van der Waals surface area contributed by atoms with Crippen molar-refractivity contribution in [1.29, 1.82) is 0 Å². The summed E-state index contributed by atoms with van der Waals surface area (Å²) in [6.07, 6.45) is 2.39. The monoisotopic (exact) mass is 509 g/mol. The first kappa shape index (κ1) is 24.9. The van der Waals surface area contributed by atoms with Crippen LogP contribution in [0.15, 0.2) is 65.8 Å². The largest absolute Gasteiger partial charge is 0.511 e. The van der Waals surface area contributed by atoms with Crippen LogP contribution < -0.4 is 0 Å². The molecule has 1 aliphatic rings. The lowest BCUT2D eigenvalue weighted by Gasteiger charge is -2.18. The molecule has 2 aromatic carbocycles. The van der Waals surface area contributed by atoms with Gasteiger partial charge in [-0.15, -0.1) is 0 Å². The number of halogens is 5. The number of nitrogens with zero attached hydrogens (tertiary/aromatic N) is 3. The fourth-order valence-electron chi connectivity index (χ4n) is 3.88. The lowest BCUT2D eigenvalue weighted by molar-refractivity contribution is -0.0484. The van der Waals surface area contributed by atoms with Gasteiger partial charge in [-0.25, -0.2) is 17.2 Å². The molecule has 2 heterocycles. The maximum absolute atomic E-state index is 14.1. The van der Waals surface area contributed by atoms with E-state index in [-0.39, 0.29) is 15.9 Å². The second-order valence-electron chi connectivity index (χ2n) is 8.11. The highest BCUT2D eigenvalue weighted by atomic mass is 32.2. The number of rotatable bonds is 6. The molecular formula is C24H20F5N3O2S. The van der Waals surface area contributed by atoms with Crippen molar-refractivity contribution in [3.8, 4) is 11.3 Å². The Morgan fingerprint density at radius 1 is 1.00 bits per heavy atom. The summed E-state index contributed by atoms with van der Waals surface area (Å²) in [5, 5.41) is 0. The van der Waals surface area contributed by atoms with E-state index in [9.17, 15) is 30.4 Å². The molecule has 1 aromatic heterocycles. The third-order valence-corrected chi connectivity index (χ3v) is 7.28. The summed E-state index contributed by atoms with van der Waals surface area (Å²) in [7, 11) is -4.57. The van der Waals surface area contributed by atoms with Crippen molar-refractivity contribution >= 4 is 15.7 Å². The Bertz CT molecular complexity index is 1340. The zero-order valence-corrected chi connectivity index (χ0v) is 19.2. The molecule has 0 saturated heterocycles. The Kier molecular flexibility index (Phi) is 6.74. The number of hydrogen-bond acceptors (Lipinski definition) is 4. The fraction of sp³-hybridized carbons (Fsp3) is 0.250. The Labute approximate surface area is 199 Å². The molecule has 3 aromatic rings. The number of aromatic nitrogens is 1. The molecule has 184 valence electrons.